The zero-order valence-electron chi connectivity index (χ0n) is 13.4. The number of hydrogen-bond donors (Lipinski definition) is 1. The summed E-state index contributed by atoms with van der Waals surface area (Å²) in [4.78, 5) is 24.4. The third kappa shape index (κ3) is 5.17. The van der Waals surface area contributed by atoms with E-state index in [9.17, 15) is 14.9 Å². The highest BCUT2D eigenvalue weighted by atomic mass is 16.6. The van der Waals surface area contributed by atoms with Gasteiger partial charge in [0.2, 0.25) is 5.91 Å². The molecule has 8 heteroatoms. The second-order valence-electron chi connectivity index (χ2n) is 5.41. The molecule has 0 unspecified atom stereocenters. The molecule has 0 saturated carbocycles. The number of nitro groups is 1. The van der Waals surface area contributed by atoms with Gasteiger partial charge in [-0.15, -0.1) is 0 Å². The van der Waals surface area contributed by atoms with Gasteiger partial charge < -0.3 is 10.6 Å². The first-order valence-corrected chi connectivity index (χ1v) is 7.78. The molecule has 128 valence electrons. The number of rotatable bonds is 9. The Morgan fingerprint density at radius 3 is 2.71 bits per heavy atom. The van der Waals surface area contributed by atoms with Crippen molar-refractivity contribution in [2.75, 3.05) is 13.1 Å². The van der Waals surface area contributed by atoms with E-state index < -0.39 is 4.92 Å². The Balaban J connectivity index is 1.94. The van der Waals surface area contributed by atoms with Crippen molar-refractivity contribution in [3.05, 3.63) is 58.4 Å². The predicted octanol–water partition coefficient (Wildman–Crippen LogP) is 1.56. The molecule has 0 radical (unpaired) electrons. The lowest BCUT2D eigenvalue weighted by Crippen LogP contribution is -2.33. The standard InChI is InChI=1S/C16H21N5O3/c17-8-4-9-19(12-14-5-2-1-3-6-14)16(22)7-10-20-13-15(11-18-20)21(23)24/h1-3,5-6,11,13H,4,7-10,12,17H2. The number of hydrogen-bond acceptors (Lipinski definition) is 5. The molecule has 0 aliphatic heterocycles. The lowest BCUT2D eigenvalue weighted by Gasteiger charge is -2.22. The molecule has 0 saturated heterocycles. The molecule has 0 atom stereocenters. The molecule has 1 amide bonds. The molecule has 0 bridgehead atoms. The summed E-state index contributed by atoms with van der Waals surface area (Å²) in [5.74, 6) is -0.0227. The summed E-state index contributed by atoms with van der Waals surface area (Å²) in [6.07, 6.45) is 3.47. The summed E-state index contributed by atoms with van der Waals surface area (Å²) in [7, 11) is 0. The van der Waals surface area contributed by atoms with Crippen molar-refractivity contribution in [2.24, 2.45) is 5.73 Å². The largest absolute Gasteiger partial charge is 0.338 e. The Hall–Kier alpha value is -2.74. The zero-order valence-corrected chi connectivity index (χ0v) is 13.4. The van der Waals surface area contributed by atoms with Gasteiger partial charge in [-0.3, -0.25) is 19.6 Å². The van der Waals surface area contributed by atoms with Gasteiger partial charge >= 0.3 is 5.69 Å². The molecule has 1 aromatic carbocycles. The van der Waals surface area contributed by atoms with Crippen molar-refractivity contribution < 1.29 is 9.72 Å². The Kier molecular flexibility index (Phi) is 6.44. The first kappa shape index (κ1) is 17.6. The molecule has 2 N–H and O–H groups in total. The number of nitrogens with zero attached hydrogens (tertiary/aromatic N) is 4. The van der Waals surface area contributed by atoms with Crippen LogP contribution in [0.25, 0.3) is 0 Å². The van der Waals surface area contributed by atoms with E-state index in [4.69, 9.17) is 5.73 Å². The fourth-order valence-corrected chi connectivity index (χ4v) is 2.32. The molecule has 8 nitrogen and oxygen atoms in total. The molecule has 24 heavy (non-hydrogen) atoms. The van der Waals surface area contributed by atoms with Crippen molar-refractivity contribution in [1.82, 2.24) is 14.7 Å². The fraction of sp³-hybridized carbons (Fsp3) is 0.375. The quantitative estimate of drug-likeness (QED) is 0.554. The molecular weight excluding hydrogens is 310 g/mol. The van der Waals surface area contributed by atoms with E-state index in [1.54, 1.807) is 4.90 Å². The summed E-state index contributed by atoms with van der Waals surface area (Å²) >= 11 is 0. The summed E-state index contributed by atoms with van der Waals surface area (Å²) in [6, 6.07) is 9.74. The van der Waals surface area contributed by atoms with Gasteiger partial charge in [0.05, 0.1) is 4.92 Å². The first-order valence-electron chi connectivity index (χ1n) is 7.78. The molecule has 0 aliphatic carbocycles. The van der Waals surface area contributed by atoms with Crippen LogP contribution in [-0.4, -0.2) is 38.6 Å². The van der Waals surface area contributed by atoms with Gasteiger partial charge in [-0.1, -0.05) is 30.3 Å². The van der Waals surface area contributed by atoms with Crippen LogP contribution in [0.2, 0.25) is 0 Å². The number of amides is 1. The molecule has 1 aromatic heterocycles. The molecule has 0 aliphatic rings. The lowest BCUT2D eigenvalue weighted by molar-refractivity contribution is -0.385. The van der Waals surface area contributed by atoms with Crippen LogP contribution in [0.4, 0.5) is 5.69 Å². The molecule has 2 aromatic rings. The van der Waals surface area contributed by atoms with E-state index in [0.717, 1.165) is 12.0 Å². The van der Waals surface area contributed by atoms with Gasteiger partial charge in [0.25, 0.3) is 0 Å². The summed E-state index contributed by atoms with van der Waals surface area (Å²) < 4.78 is 1.42. The summed E-state index contributed by atoms with van der Waals surface area (Å²) in [6.45, 7) is 1.94. The van der Waals surface area contributed by atoms with Crippen LogP contribution in [0.1, 0.15) is 18.4 Å². The Morgan fingerprint density at radius 1 is 1.33 bits per heavy atom. The molecule has 2 rings (SSSR count). The first-order chi connectivity index (χ1) is 11.6. The number of carbonyl (C=O) groups is 1. The Labute approximate surface area is 140 Å². The van der Waals surface area contributed by atoms with Crippen molar-refractivity contribution in [1.29, 1.82) is 0 Å². The van der Waals surface area contributed by atoms with Crippen LogP contribution < -0.4 is 5.73 Å². The number of nitrogens with two attached hydrogens (primary N) is 1. The highest BCUT2D eigenvalue weighted by molar-refractivity contribution is 5.76. The molecule has 0 spiro atoms. The molecular formula is C16H21N5O3. The third-order valence-electron chi connectivity index (χ3n) is 3.59. The summed E-state index contributed by atoms with van der Waals surface area (Å²) in [5, 5.41) is 14.5. The predicted molar refractivity (Wildman–Crippen MR) is 89.0 cm³/mol. The van der Waals surface area contributed by atoms with Gasteiger partial charge in [-0.25, -0.2) is 0 Å². The maximum absolute atomic E-state index is 12.5. The van der Waals surface area contributed by atoms with Crippen LogP contribution in [-0.2, 0) is 17.9 Å². The van der Waals surface area contributed by atoms with E-state index >= 15 is 0 Å². The van der Waals surface area contributed by atoms with E-state index in [1.165, 1.54) is 17.1 Å². The van der Waals surface area contributed by atoms with E-state index in [0.29, 0.717) is 26.2 Å². The number of aromatic nitrogens is 2. The van der Waals surface area contributed by atoms with Gasteiger partial charge in [0, 0.05) is 26.1 Å². The van der Waals surface area contributed by atoms with Crippen molar-refractivity contribution in [3.63, 3.8) is 0 Å². The third-order valence-corrected chi connectivity index (χ3v) is 3.59. The monoisotopic (exact) mass is 331 g/mol. The smallest absolute Gasteiger partial charge is 0.306 e. The van der Waals surface area contributed by atoms with Crippen LogP contribution in [0.5, 0.6) is 0 Å². The average molecular weight is 331 g/mol. The minimum atomic E-state index is -0.506. The minimum Gasteiger partial charge on any atom is -0.338 e. The lowest BCUT2D eigenvalue weighted by atomic mass is 10.2. The second kappa shape index (κ2) is 8.78. The van der Waals surface area contributed by atoms with E-state index in [2.05, 4.69) is 5.10 Å². The maximum Gasteiger partial charge on any atom is 0.306 e. The maximum atomic E-state index is 12.5. The highest BCUT2D eigenvalue weighted by Crippen LogP contribution is 2.10. The topological polar surface area (TPSA) is 107 Å². The van der Waals surface area contributed by atoms with Crippen LogP contribution in [0.15, 0.2) is 42.7 Å². The van der Waals surface area contributed by atoms with Gasteiger partial charge in [-0.2, -0.15) is 5.10 Å². The summed E-state index contributed by atoms with van der Waals surface area (Å²) in [5.41, 5.74) is 6.53. The number of benzene rings is 1. The van der Waals surface area contributed by atoms with E-state index in [1.807, 2.05) is 30.3 Å². The second-order valence-corrected chi connectivity index (χ2v) is 5.41. The Morgan fingerprint density at radius 2 is 2.08 bits per heavy atom. The average Bonchev–Trinajstić information content (AvgIpc) is 3.06. The van der Waals surface area contributed by atoms with Gasteiger partial charge in [0.15, 0.2) is 0 Å². The molecule has 1 heterocycles. The number of aryl methyl sites for hydroxylation is 1. The van der Waals surface area contributed by atoms with E-state index in [-0.39, 0.29) is 18.0 Å². The van der Waals surface area contributed by atoms with Gasteiger partial charge in [-0.05, 0) is 18.5 Å². The van der Waals surface area contributed by atoms with Crippen molar-refractivity contribution >= 4 is 11.6 Å². The van der Waals surface area contributed by atoms with Crippen LogP contribution in [0, 0.1) is 10.1 Å². The normalized spacial score (nSPS) is 10.5. The SMILES string of the molecule is NCCCN(Cc1ccccc1)C(=O)CCn1cc([N+](=O)[O-])cn1. The Bertz CT molecular complexity index is 671. The zero-order chi connectivity index (χ0) is 17.4. The van der Waals surface area contributed by atoms with Crippen molar-refractivity contribution in [2.45, 2.75) is 25.9 Å². The van der Waals surface area contributed by atoms with Crippen LogP contribution >= 0.6 is 0 Å². The fourth-order valence-electron chi connectivity index (χ4n) is 2.32. The van der Waals surface area contributed by atoms with Gasteiger partial charge in [0.1, 0.15) is 12.4 Å². The highest BCUT2D eigenvalue weighted by Gasteiger charge is 2.15. The van der Waals surface area contributed by atoms with Crippen LogP contribution in [0.3, 0.4) is 0 Å². The molecule has 0 fully saturated rings. The number of carbonyl (C=O) groups excluding carboxylic acids is 1. The minimum absolute atomic E-state index is 0.0227. The van der Waals surface area contributed by atoms with Crippen molar-refractivity contribution in [3.8, 4) is 0 Å².